The van der Waals surface area contributed by atoms with Crippen LogP contribution in [0.2, 0.25) is 0 Å². The van der Waals surface area contributed by atoms with Gasteiger partial charge in [0.15, 0.2) is 0 Å². The highest BCUT2D eigenvalue weighted by Gasteiger charge is 2.34. The number of hydrogen-bond donors (Lipinski definition) is 1. The van der Waals surface area contributed by atoms with Crippen molar-refractivity contribution in [2.45, 2.75) is 31.6 Å². The van der Waals surface area contributed by atoms with Crippen LogP contribution in [0.3, 0.4) is 0 Å². The zero-order valence-corrected chi connectivity index (χ0v) is 9.35. The Hall–Kier alpha value is -1.32. The van der Waals surface area contributed by atoms with Gasteiger partial charge in [-0.1, -0.05) is 6.42 Å². The van der Waals surface area contributed by atoms with Crippen molar-refractivity contribution >= 4 is 5.91 Å². The lowest BCUT2D eigenvalue weighted by Crippen LogP contribution is -2.37. The van der Waals surface area contributed by atoms with Gasteiger partial charge in [0.05, 0.1) is 0 Å². The van der Waals surface area contributed by atoms with Crippen molar-refractivity contribution in [1.82, 2.24) is 15.1 Å². The minimum atomic E-state index is 0.334. The maximum Gasteiger partial charge on any atom is 0.225 e. The molecule has 0 aromatic carbocycles. The zero-order chi connectivity index (χ0) is 11.0. The number of carbonyl (C=O) groups excluding carboxylic acids is 1. The predicted molar refractivity (Wildman–Crippen MR) is 59.9 cm³/mol. The Kier molecular flexibility index (Phi) is 2.42. The first kappa shape index (κ1) is 9.87. The van der Waals surface area contributed by atoms with E-state index >= 15 is 0 Å². The largest absolute Gasteiger partial charge is 0.342 e. The van der Waals surface area contributed by atoms with E-state index in [4.69, 9.17) is 0 Å². The highest BCUT2D eigenvalue weighted by atomic mass is 16.2. The molecule has 1 N–H and O–H groups in total. The molecule has 1 aliphatic carbocycles. The van der Waals surface area contributed by atoms with Crippen LogP contribution in [0.15, 0.2) is 12.3 Å². The van der Waals surface area contributed by atoms with Crippen LogP contribution in [0.5, 0.6) is 0 Å². The van der Waals surface area contributed by atoms with E-state index in [1.54, 1.807) is 6.20 Å². The van der Waals surface area contributed by atoms with Gasteiger partial charge in [-0.3, -0.25) is 9.89 Å². The number of aromatic amines is 1. The lowest BCUT2D eigenvalue weighted by molar-refractivity contribution is -0.137. The number of hydrogen-bond acceptors (Lipinski definition) is 2. The van der Waals surface area contributed by atoms with Gasteiger partial charge in [0, 0.05) is 36.8 Å². The fraction of sp³-hybridized carbons (Fsp3) is 0.667. The molecule has 16 heavy (non-hydrogen) atoms. The van der Waals surface area contributed by atoms with Gasteiger partial charge in [-0.2, -0.15) is 5.10 Å². The lowest BCUT2D eigenvalue weighted by Gasteiger charge is -2.29. The second-order valence-corrected chi connectivity index (χ2v) is 4.91. The van der Waals surface area contributed by atoms with E-state index in [0.29, 0.717) is 17.7 Å². The number of carbonyl (C=O) groups is 1. The molecule has 1 aromatic rings. The fourth-order valence-corrected chi connectivity index (χ4v) is 2.62. The number of nitrogens with one attached hydrogen (secondary N) is 1. The third-order valence-electron chi connectivity index (χ3n) is 3.92. The molecule has 2 fully saturated rings. The smallest absolute Gasteiger partial charge is 0.225 e. The molecule has 2 aliphatic rings. The minimum Gasteiger partial charge on any atom is -0.342 e. The molecule has 3 rings (SSSR count). The molecule has 1 saturated heterocycles. The molecular weight excluding hydrogens is 202 g/mol. The van der Waals surface area contributed by atoms with Crippen molar-refractivity contribution in [2.75, 3.05) is 13.1 Å². The van der Waals surface area contributed by atoms with E-state index in [1.165, 1.54) is 12.1 Å². The topological polar surface area (TPSA) is 49.0 Å². The van der Waals surface area contributed by atoms with Gasteiger partial charge in [-0.25, -0.2) is 0 Å². The Balaban J connectivity index is 1.62. The van der Waals surface area contributed by atoms with E-state index in [1.807, 2.05) is 11.0 Å². The van der Waals surface area contributed by atoms with Gasteiger partial charge in [0.1, 0.15) is 0 Å². The summed E-state index contributed by atoms with van der Waals surface area (Å²) in [5.41, 5.74) is 1.17. The van der Waals surface area contributed by atoms with E-state index in [2.05, 4.69) is 10.2 Å². The molecule has 1 atom stereocenters. The number of aromatic nitrogens is 2. The van der Waals surface area contributed by atoms with E-state index in [9.17, 15) is 4.79 Å². The van der Waals surface area contributed by atoms with Crippen molar-refractivity contribution in [1.29, 1.82) is 0 Å². The quantitative estimate of drug-likeness (QED) is 0.820. The lowest BCUT2D eigenvalue weighted by atomic mass is 9.84. The van der Waals surface area contributed by atoms with E-state index in [-0.39, 0.29) is 0 Å². The maximum absolute atomic E-state index is 12.0. The standard InChI is InChI=1S/C12H17N3O/c16-12(9-2-1-3-9)15-7-5-10(8-15)11-4-6-13-14-11/h4,6,9-10H,1-3,5,7-8H2,(H,13,14). The molecular formula is C12H17N3O. The SMILES string of the molecule is O=C(C1CCC1)N1CCC(c2ccn[nH]2)C1. The average Bonchev–Trinajstić information content (AvgIpc) is 2.86. The molecule has 4 heteroatoms. The Morgan fingerprint density at radius 3 is 2.94 bits per heavy atom. The summed E-state index contributed by atoms with van der Waals surface area (Å²) in [6.45, 7) is 1.79. The van der Waals surface area contributed by atoms with Crippen LogP contribution in [-0.4, -0.2) is 34.1 Å². The second kappa shape index (κ2) is 3.92. The van der Waals surface area contributed by atoms with Crippen LogP contribution >= 0.6 is 0 Å². The van der Waals surface area contributed by atoms with Gasteiger partial charge in [-0.15, -0.1) is 0 Å². The number of amides is 1. The van der Waals surface area contributed by atoms with Crippen LogP contribution in [0.25, 0.3) is 0 Å². The van der Waals surface area contributed by atoms with Crippen molar-refractivity contribution in [3.63, 3.8) is 0 Å². The molecule has 1 aliphatic heterocycles. The summed E-state index contributed by atoms with van der Waals surface area (Å²) < 4.78 is 0. The van der Waals surface area contributed by atoms with Crippen molar-refractivity contribution in [2.24, 2.45) is 5.92 Å². The van der Waals surface area contributed by atoms with Crippen LogP contribution in [0.4, 0.5) is 0 Å². The summed E-state index contributed by atoms with van der Waals surface area (Å²) in [5, 5.41) is 6.98. The predicted octanol–water partition coefficient (Wildman–Crippen LogP) is 1.53. The molecule has 0 radical (unpaired) electrons. The van der Waals surface area contributed by atoms with Gasteiger partial charge in [0.2, 0.25) is 5.91 Å². The van der Waals surface area contributed by atoms with Crippen LogP contribution < -0.4 is 0 Å². The minimum absolute atomic E-state index is 0.334. The molecule has 0 spiro atoms. The number of rotatable bonds is 2. The Bertz CT molecular complexity index is 370. The van der Waals surface area contributed by atoms with Gasteiger partial charge >= 0.3 is 0 Å². The first-order valence-corrected chi connectivity index (χ1v) is 6.12. The third kappa shape index (κ3) is 1.62. The Morgan fingerprint density at radius 2 is 2.31 bits per heavy atom. The molecule has 0 bridgehead atoms. The van der Waals surface area contributed by atoms with Gasteiger partial charge in [-0.05, 0) is 25.3 Å². The van der Waals surface area contributed by atoms with Crippen molar-refractivity contribution < 1.29 is 4.79 Å². The molecule has 1 unspecified atom stereocenters. The summed E-state index contributed by atoms with van der Waals surface area (Å²) in [7, 11) is 0. The van der Waals surface area contributed by atoms with Crippen LogP contribution in [0.1, 0.15) is 37.3 Å². The van der Waals surface area contributed by atoms with Crippen LogP contribution in [-0.2, 0) is 4.79 Å². The Labute approximate surface area is 95.0 Å². The molecule has 1 amide bonds. The van der Waals surface area contributed by atoms with Gasteiger partial charge in [0.25, 0.3) is 0 Å². The summed E-state index contributed by atoms with van der Waals surface area (Å²) >= 11 is 0. The Morgan fingerprint density at radius 1 is 1.44 bits per heavy atom. The molecule has 1 saturated carbocycles. The molecule has 2 heterocycles. The second-order valence-electron chi connectivity index (χ2n) is 4.91. The molecule has 86 valence electrons. The zero-order valence-electron chi connectivity index (χ0n) is 9.35. The first-order valence-electron chi connectivity index (χ1n) is 6.12. The highest BCUT2D eigenvalue weighted by Crippen LogP contribution is 2.32. The number of nitrogens with zero attached hydrogens (tertiary/aromatic N) is 2. The van der Waals surface area contributed by atoms with Crippen molar-refractivity contribution in [3.8, 4) is 0 Å². The average molecular weight is 219 g/mol. The monoisotopic (exact) mass is 219 g/mol. The van der Waals surface area contributed by atoms with Gasteiger partial charge < -0.3 is 4.90 Å². The first-order chi connectivity index (χ1) is 7.84. The molecule has 4 nitrogen and oxygen atoms in total. The maximum atomic E-state index is 12.0. The highest BCUT2D eigenvalue weighted by molar-refractivity contribution is 5.80. The summed E-state index contributed by atoms with van der Waals surface area (Å²) in [6.07, 6.45) is 6.29. The fourth-order valence-electron chi connectivity index (χ4n) is 2.62. The molecule has 1 aromatic heterocycles. The summed E-state index contributed by atoms with van der Waals surface area (Å²) in [4.78, 5) is 14.1. The van der Waals surface area contributed by atoms with Crippen LogP contribution in [0, 0.1) is 5.92 Å². The summed E-state index contributed by atoms with van der Waals surface area (Å²) in [5.74, 6) is 1.18. The van der Waals surface area contributed by atoms with E-state index < -0.39 is 0 Å². The summed E-state index contributed by atoms with van der Waals surface area (Å²) in [6, 6.07) is 2.02. The number of likely N-dealkylation sites (tertiary alicyclic amines) is 1. The van der Waals surface area contributed by atoms with E-state index in [0.717, 1.165) is 32.4 Å². The normalized spacial score (nSPS) is 25.8. The van der Waals surface area contributed by atoms with Crippen molar-refractivity contribution in [3.05, 3.63) is 18.0 Å². The number of H-pyrrole nitrogens is 1. The third-order valence-corrected chi connectivity index (χ3v) is 3.92.